The number of benzene rings is 8. The lowest BCUT2D eigenvalue weighted by molar-refractivity contribution is 0.367. The monoisotopic (exact) mass is 610 g/mol. The second kappa shape index (κ2) is 10.5. The summed E-state index contributed by atoms with van der Waals surface area (Å²) in [5.41, 5.74) is 2.03. The normalized spacial score (nSPS) is 12.3. The molecule has 0 aliphatic carbocycles. The summed E-state index contributed by atoms with van der Waals surface area (Å²) < 4.78 is 28.6. The van der Waals surface area contributed by atoms with Gasteiger partial charge in [0.05, 0.1) is 0 Å². The van der Waals surface area contributed by atoms with Crippen LogP contribution in [-0.4, -0.2) is 0 Å². The van der Waals surface area contributed by atoms with Crippen molar-refractivity contribution >= 4 is 55.4 Å². The summed E-state index contributed by atoms with van der Waals surface area (Å²) in [6.45, 7) is 0. The minimum absolute atomic E-state index is 0.665. The highest BCUT2D eigenvalue weighted by molar-refractivity contribution is 7.85. The highest BCUT2D eigenvalue weighted by Crippen LogP contribution is 2.53. The third kappa shape index (κ3) is 4.03. The lowest BCUT2D eigenvalue weighted by atomic mass is 9.97. The summed E-state index contributed by atoms with van der Waals surface area (Å²) in [6.07, 6.45) is 0. The van der Waals surface area contributed by atoms with Crippen LogP contribution in [-0.2, 0) is 4.57 Å². The fraction of sp³-hybridized carbons (Fsp3) is 0. The van der Waals surface area contributed by atoms with Crippen LogP contribution in [0.25, 0.3) is 43.4 Å². The van der Waals surface area contributed by atoms with Crippen LogP contribution in [0.1, 0.15) is 0 Å². The average molecular weight is 611 g/mol. The van der Waals surface area contributed by atoms with E-state index in [1.54, 1.807) is 0 Å². The molecule has 0 atom stereocenters. The molecule has 0 amide bonds. The van der Waals surface area contributed by atoms with Crippen LogP contribution < -0.4 is 25.4 Å². The fourth-order valence-electron chi connectivity index (χ4n) is 6.85. The van der Waals surface area contributed by atoms with E-state index in [2.05, 4.69) is 66.7 Å². The number of rotatable bonds is 4. The first kappa shape index (κ1) is 26.7. The van der Waals surface area contributed by atoms with Gasteiger partial charge in [-0.2, -0.15) is 0 Å². The van der Waals surface area contributed by atoms with E-state index >= 15 is 4.57 Å². The molecule has 4 heteroatoms. The van der Waals surface area contributed by atoms with Crippen molar-refractivity contribution in [2.45, 2.75) is 0 Å². The molecule has 8 aromatic rings. The van der Waals surface area contributed by atoms with Gasteiger partial charge >= 0.3 is 0 Å². The lowest BCUT2D eigenvalue weighted by Gasteiger charge is -2.25. The molecule has 0 spiro atoms. The quantitative estimate of drug-likeness (QED) is 0.147. The van der Waals surface area contributed by atoms with E-state index in [1.165, 1.54) is 0 Å². The third-order valence-electron chi connectivity index (χ3n) is 9.00. The van der Waals surface area contributed by atoms with Gasteiger partial charge in [0.25, 0.3) is 0 Å². The summed E-state index contributed by atoms with van der Waals surface area (Å²) in [4.78, 5) is 0. The van der Waals surface area contributed by atoms with Crippen molar-refractivity contribution in [1.82, 2.24) is 0 Å². The number of ether oxygens (including phenoxy) is 2. The summed E-state index contributed by atoms with van der Waals surface area (Å²) in [5.74, 6) is 2.81. The molecule has 1 aliphatic heterocycles. The van der Waals surface area contributed by atoms with E-state index in [9.17, 15) is 0 Å². The van der Waals surface area contributed by atoms with E-state index in [0.717, 1.165) is 70.9 Å². The zero-order valence-corrected chi connectivity index (χ0v) is 25.7. The minimum Gasteiger partial charge on any atom is -0.449 e. The van der Waals surface area contributed by atoms with Crippen LogP contribution in [0.4, 0.5) is 0 Å². The van der Waals surface area contributed by atoms with Crippen LogP contribution in [0.5, 0.6) is 23.0 Å². The molecule has 0 saturated heterocycles. The van der Waals surface area contributed by atoms with Gasteiger partial charge in [-0.1, -0.05) is 146 Å². The smallest absolute Gasteiger partial charge is 0.178 e. The molecule has 0 radical (unpaired) electrons. The average Bonchev–Trinajstić information content (AvgIpc) is 3.14. The Labute approximate surface area is 266 Å². The predicted octanol–water partition coefficient (Wildman–Crippen LogP) is 10.4. The van der Waals surface area contributed by atoms with Crippen LogP contribution >= 0.6 is 7.14 Å². The zero-order valence-electron chi connectivity index (χ0n) is 24.8. The van der Waals surface area contributed by atoms with Crippen molar-refractivity contribution in [2.75, 3.05) is 0 Å². The molecular weight excluding hydrogens is 583 g/mol. The highest BCUT2D eigenvalue weighted by atomic mass is 31.2. The Morgan fingerprint density at radius 2 is 0.870 bits per heavy atom. The van der Waals surface area contributed by atoms with Gasteiger partial charge in [0.15, 0.2) is 30.1 Å². The molecule has 0 aromatic heterocycles. The number of hydrogen-bond donors (Lipinski definition) is 0. The Balaban J connectivity index is 1.21. The minimum atomic E-state index is -3.18. The Bertz CT molecular complexity index is 2460. The van der Waals surface area contributed by atoms with E-state index in [1.807, 2.05) is 97.1 Å². The molecular formula is C42H27O3P. The van der Waals surface area contributed by atoms with Crippen molar-refractivity contribution in [1.29, 1.82) is 0 Å². The first-order valence-corrected chi connectivity index (χ1v) is 17.1. The predicted molar refractivity (Wildman–Crippen MR) is 190 cm³/mol. The highest BCUT2D eigenvalue weighted by Gasteiger charge is 2.32. The second-order valence-electron chi connectivity index (χ2n) is 11.6. The van der Waals surface area contributed by atoms with Crippen LogP contribution in [0.3, 0.4) is 0 Å². The van der Waals surface area contributed by atoms with Crippen LogP contribution in [0.2, 0.25) is 0 Å². The molecule has 0 fully saturated rings. The molecule has 0 saturated carbocycles. The summed E-state index contributed by atoms with van der Waals surface area (Å²) >= 11 is 0. The van der Waals surface area contributed by atoms with Gasteiger partial charge in [0, 0.05) is 26.7 Å². The van der Waals surface area contributed by atoms with E-state index < -0.39 is 7.14 Å². The summed E-state index contributed by atoms with van der Waals surface area (Å²) in [5, 5.41) is 8.75. The van der Waals surface area contributed by atoms with Gasteiger partial charge in [-0.3, -0.25) is 0 Å². The summed E-state index contributed by atoms with van der Waals surface area (Å²) in [7, 11) is -3.18. The molecule has 0 unspecified atom stereocenters. The Hall–Kier alpha value is -5.63. The molecule has 9 rings (SSSR count). The van der Waals surface area contributed by atoms with Crippen LogP contribution in [0.15, 0.2) is 164 Å². The molecule has 46 heavy (non-hydrogen) atoms. The largest absolute Gasteiger partial charge is 0.449 e. The van der Waals surface area contributed by atoms with Crippen molar-refractivity contribution in [3.63, 3.8) is 0 Å². The van der Waals surface area contributed by atoms with Crippen LogP contribution in [0, 0.1) is 0 Å². The van der Waals surface area contributed by atoms with Crippen molar-refractivity contribution < 1.29 is 14.0 Å². The fourth-order valence-corrected chi connectivity index (χ4v) is 9.71. The van der Waals surface area contributed by atoms with Gasteiger partial charge in [-0.05, 0) is 50.9 Å². The number of fused-ring (bicyclic) bond motifs is 8. The lowest BCUT2D eigenvalue weighted by Crippen LogP contribution is -2.25. The zero-order chi connectivity index (χ0) is 30.7. The van der Waals surface area contributed by atoms with Crippen molar-refractivity contribution in [3.05, 3.63) is 164 Å². The maximum Gasteiger partial charge on any atom is 0.178 e. The second-order valence-corrected chi connectivity index (χ2v) is 14.3. The maximum absolute atomic E-state index is 15.4. The first-order chi connectivity index (χ1) is 22.7. The molecule has 1 heterocycles. The first-order valence-electron chi connectivity index (χ1n) is 15.4. The van der Waals surface area contributed by atoms with E-state index in [4.69, 9.17) is 9.47 Å². The van der Waals surface area contributed by atoms with Gasteiger partial charge in [0.1, 0.15) is 0 Å². The van der Waals surface area contributed by atoms with E-state index in [-0.39, 0.29) is 0 Å². The standard InChI is InChI=1S/C42H27O3P/c43-46(29-13-3-1-4-14-29,30-15-5-2-6-16-30)40-26-24-31(32-17-7-10-20-35(32)40)28-23-25-38-39(27-28)45-42-37-22-12-9-19-34(37)33-18-8-11-21-36(33)41(42)44-38/h1-27H. The molecule has 0 bridgehead atoms. The molecule has 0 N–H and O–H groups in total. The van der Waals surface area contributed by atoms with Crippen molar-refractivity contribution in [2.24, 2.45) is 0 Å². The Kier molecular flexibility index (Phi) is 6.09. The van der Waals surface area contributed by atoms with Gasteiger partial charge in [0.2, 0.25) is 0 Å². The Morgan fingerprint density at radius 1 is 0.391 bits per heavy atom. The molecule has 8 aromatic carbocycles. The molecule has 218 valence electrons. The van der Waals surface area contributed by atoms with Gasteiger partial charge in [-0.15, -0.1) is 0 Å². The van der Waals surface area contributed by atoms with Crippen molar-refractivity contribution in [3.8, 4) is 34.1 Å². The Morgan fingerprint density at radius 3 is 1.46 bits per heavy atom. The van der Waals surface area contributed by atoms with Gasteiger partial charge < -0.3 is 14.0 Å². The van der Waals surface area contributed by atoms with Gasteiger partial charge in [-0.25, -0.2) is 0 Å². The summed E-state index contributed by atoms with van der Waals surface area (Å²) in [6, 6.07) is 54.8. The third-order valence-corrected chi connectivity index (χ3v) is 12.1. The SMILES string of the molecule is O=P(c1ccccc1)(c1ccccc1)c1ccc(-c2ccc3c(c2)Oc2c(c4ccccc4c4ccccc24)O3)c2ccccc12. The molecule has 3 nitrogen and oxygen atoms in total. The number of hydrogen-bond acceptors (Lipinski definition) is 3. The molecule has 1 aliphatic rings. The van der Waals surface area contributed by atoms with E-state index in [0.29, 0.717) is 11.5 Å². The maximum atomic E-state index is 15.4. The topological polar surface area (TPSA) is 35.5 Å².